The lowest BCUT2D eigenvalue weighted by atomic mass is 9.87. The molecule has 0 radical (unpaired) electrons. The third kappa shape index (κ3) is 2.13. The van der Waals surface area contributed by atoms with Gasteiger partial charge < -0.3 is 15.8 Å². The molecule has 0 saturated carbocycles. The summed E-state index contributed by atoms with van der Waals surface area (Å²) in [7, 11) is 0. The number of hydrogen-bond donors (Lipinski definition) is 2. The van der Waals surface area contributed by atoms with Crippen LogP contribution in [-0.4, -0.2) is 19.1 Å². The minimum Gasteiger partial charge on any atom is -0.381 e. The van der Waals surface area contributed by atoms with Crippen LogP contribution in [-0.2, 0) is 16.0 Å². The Morgan fingerprint density at radius 2 is 2.11 bits per heavy atom. The standard InChI is InChI=1S/C14H18N2O2/c15-14(9-3-5-18-6-4-9)10-1-2-12-11(7-10)8-13(17)16-12/h1-2,7,9,14H,3-6,8,15H2,(H,16,17). The van der Waals surface area contributed by atoms with Crippen LogP contribution in [0.4, 0.5) is 5.69 Å². The van der Waals surface area contributed by atoms with Gasteiger partial charge in [-0.05, 0) is 36.0 Å². The second kappa shape index (κ2) is 4.71. The third-order valence-electron chi connectivity index (χ3n) is 3.91. The van der Waals surface area contributed by atoms with Gasteiger partial charge >= 0.3 is 0 Å². The molecule has 3 rings (SSSR count). The van der Waals surface area contributed by atoms with E-state index in [4.69, 9.17) is 10.5 Å². The molecule has 3 N–H and O–H groups in total. The Morgan fingerprint density at radius 1 is 1.33 bits per heavy atom. The molecule has 18 heavy (non-hydrogen) atoms. The first-order chi connectivity index (χ1) is 8.74. The van der Waals surface area contributed by atoms with Gasteiger partial charge in [0.15, 0.2) is 0 Å². The van der Waals surface area contributed by atoms with Crippen LogP contribution in [0, 0.1) is 5.92 Å². The van der Waals surface area contributed by atoms with Gasteiger partial charge in [0.2, 0.25) is 5.91 Å². The van der Waals surface area contributed by atoms with Gasteiger partial charge in [-0.1, -0.05) is 12.1 Å². The van der Waals surface area contributed by atoms with Crippen LogP contribution in [0.1, 0.15) is 30.0 Å². The second-order valence-corrected chi connectivity index (χ2v) is 5.12. The van der Waals surface area contributed by atoms with Crippen molar-refractivity contribution in [3.05, 3.63) is 29.3 Å². The smallest absolute Gasteiger partial charge is 0.228 e. The van der Waals surface area contributed by atoms with Crippen LogP contribution in [0.25, 0.3) is 0 Å². The van der Waals surface area contributed by atoms with Gasteiger partial charge in [-0.3, -0.25) is 4.79 Å². The number of benzene rings is 1. The van der Waals surface area contributed by atoms with Gasteiger partial charge in [-0.2, -0.15) is 0 Å². The van der Waals surface area contributed by atoms with E-state index >= 15 is 0 Å². The van der Waals surface area contributed by atoms with Crippen molar-refractivity contribution in [1.29, 1.82) is 0 Å². The molecule has 0 bridgehead atoms. The number of rotatable bonds is 2. The van der Waals surface area contributed by atoms with Gasteiger partial charge in [-0.15, -0.1) is 0 Å². The summed E-state index contributed by atoms with van der Waals surface area (Å²) in [5.74, 6) is 0.559. The van der Waals surface area contributed by atoms with Crippen molar-refractivity contribution < 1.29 is 9.53 Å². The Morgan fingerprint density at radius 3 is 2.89 bits per heavy atom. The fourth-order valence-electron chi connectivity index (χ4n) is 2.80. The molecule has 1 aromatic rings. The number of nitrogens with one attached hydrogen (secondary N) is 1. The number of hydrogen-bond acceptors (Lipinski definition) is 3. The fourth-order valence-corrected chi connectivity index (χ4v) is 2.80. The molecule has 1 saturated heterocycles. The molecule has 1 amide bonds. The third-order valence-corrected chi connectivity index (χ3v) is 3.91. The summed E-state index contributed by atoms with van der Waals surface area (Å²) in [5, 5.41) is 2.84. The minimum absolute atomic E-state index is 0.0508. The average molecular weight is 246 g/mol. The van der Waals surface area contributed by atoms with Crippen molar-refractivity contribution in [3.63, 3.8) is 0 Å². The lowest BCUT2D eigenvalue weighted by Crippen LogP contribution is -2.27. The quantitative estimate of drug-likeness (QED) is 0.833. The predicted octanol–water partition coefficient (Wildman–Crippen LogP) is 1.61. The van der Waals surface area contributed by atoms with Crippen molar-refractivity contribution in [1.82, 2.24) is 0 Å². The van der Waals surface area contributed by atoms with Crippen LogP contribution >= 0.6 is 0 Å². The lowest BCUT2D eigenvalue weighted by molar-refractivity contribution is -0.115. The van der Waals surface area contributed by atoms with Crippen LogP contribution in [0.2, 0.25) is 0 Å². The molecule has 96 valence electrons. The van der Waals surface area contributed by atoms with Gasteiger partial charge in [0.1, 0.15) is 0 Å². The highest BCUT2D eigenvalue weighted by atomic mass is 16.5. The van der Waals surface area contributed by atoms with E-state index in [1.165, 1.54) is 0 Å². The Labute approximate surface area is 107 Å². The molecule has 0 aromatic heterocycles. The molecule has 0 aliphatic carbocycles. The first kappa shape index (κ1) is 11.7. The molecular formula is C14H18N2O2. The molecular weight excluding hydrogens is 228 g/mol. The van der Waals surface area contributed by atoms with Crippen molar-refractivity contribution in [2.75, 3.05) is 18.5 Å². The average Bonchev–Trinajstić information content (AvgIpc) is 2.78. The topological polar surface area (TPSA) is 64.4 Å². The molecule has 1 unspecified atom stereocenters. The summed E-state index contributed by atoms with van der Waals surface area (Å²) >= 11 is 0. The largest absolute Gasteiger partial charge is 0.381 e. The van der Waals surface area contributed by atoms with Crippen molar-refractivity contribution in [2.45, 2.75) is 25.3 Å². The molecule has 1 atom stereocenters. The highest BCUT2D eigenvalue weighted by Crippen LogP contribution is 2.31. The van der Waals surface area contributed by atoms with E-state index in [9.17, 15) is 4.79 Å². The number of amides is 1. The number of ether oxygens (including phenoxy) is 1. The predicted molar refractivity (Wildman–Crippen MR) is 69.2 cm³/mol. The van der Waals surface area contributed by atoms with E-state index in [1.54, 1.807) is 0 Å². The van der Waals surface area contributed by atoms with Gasteiger partial charge in [0.05, 0.1) is 6.42 Å². The highest BCUT2D eigenvalue weighted by Gasteiger charge is 2.24. The Hall–Kier alpha value is -1.39. The number of anilines is 1. The minimum atomic E-state index is 0.0508. The van der Waals surface area contributed by atoms with Crippen LogP contribution in [0.3, 0.4) is 0 Å². The number of carbonyl (C=O) groups is 1. The summed E-state index contributed by atoms with van der Waals surface area (Å²) in [6.07, 6.45) is 2.52. The monoisotopic (exact) mass is 246 g/mol. The maximum atomic E-state index is 11.3. The maximum Gasteiger partial charge on any atom is 0.228 e. The highest BCUT2D eigenvalue weighted by molar-refractivity contribution is 5.99. The molecule has 0 spiro atoms. The summed E-state index contributed by atoms with van der Waals surface area (Å²) < 4.78 is 5.36. The SMILES string of the molecule is NC(c1ccc2c(c1)CC(=O)N2)C1CCOCC1. The van der Waals surface area contributed by atoms with E-state index in [-0.39, 0.29) is 11.9 Å². The van der Waals surface area contributed by atoms with E-state index in [2.05, 4.69) is 11.4 Å². The normalized spacial score (nSPS) is 21.5. The van der Waals surface area contributed by atoms with Crippen molar-refractivity contribution in [2.24, 2.45) is 11.7 Å². The summed E-state index contributed by atoms with van der Waals surface area (Å²) in [6.45, 7) is 1.62. The van der Waals surface area contributed by atoms with Gasteiger partial charge in [-0.25, -0.2) is 0 Å². The van der Waals surface area contributed by atoms with Crippen LogP contribution in [0.5, 0.6) is 0 Å². The molecule has 2 heterocycles. The number of nitrogens with two attached hydrogens (primary N) is 1. The molecule has 4 heteroatoms. The first-order valence-electron chi connectivity index (χ1n) is 6.50. The molecule has 1 aromatic carbocycles. The fraction of sp³-hybridized carbons (Fsp3) is 0.500. The zero-order chi connectivity index (χ0) is 12.5. The second-order valence-electron chi connectivity index (χ2n) is 5.12. The summed E-state index contributed by atoms with van der Waals surface area (Å²) in [4.78, 5) is 11.3. The Balaban J connectivity index is 1.80. The van der Waals surface area contributed by atoms with Crippen molar-refractivity contribution >= 4 is 11.6 Å². The van der Waals surface area contributed by atoms with Gasteiger partial charge in [0, 0.05) is 24.9 Å². The maximum absolute atomic E-state index is 11.3. The zero-order valence-corrected chi connectivity index (χ0v) is 10.3. The molecule has 2 aliphatic heterocycles. The molecule has 1 fully saturated rings. The van der Waals surface area contributed by atoms with E-state index in [0.29, 0.717) is 12.3 Å². The Bertz CT molecular complexity index is 467. The van der Waals surface area contributed by atoms with E-state index < -0.39 is 0 Å². The number of fused-ring (bicyclic) bond motifs is 1. The molecule has 4 nitrogen and oxygen atoms in total. The first-order valence-corrected chi connectivity index (χ1v) is 6.50. The summed E-state index contributed by atoms with van der Waals surface area (Å²) in [5.41, 5.74) is 9.48. The van der Waals surface area contributed by atoms with E-state index in [0.717, 1.165) is 42.9 Å². The van der Waals surface area contributed by atoms with Crippen LogP contribution < -0.4 is 11.1 Å². The summed E-state index contributed by atoms with van der Waals surface area (Å²) in [6, 6.07) is 6.13. The zero-order valence-electron chi connectivity index (χ0n) is 10.3. The van der Waals surface area contributed by atoms with Crippen molar-refractivity contribution in [3.8, 4) is 0 Å². The van der Waals surface area contributed by atoms with Gasteiger partial charge in [0.25, 0.3) is 0 Å². The number of carbonyl (C=O) groups excluding carboxylic acids is 1. The van der Waals surface area contributed by atoms with Crippen LogP contribution in [0.15, 0.2) is 18.2 Å². The lowest BCUT2D eigenvalue weighted by Gasteiger charge is -2.28. The van der Waals surface area contributed by atoms with E-state index in [1.807, 2.05) is 12.1 Å². The Kier molecular flexibility index (Phi) is 3.06. The molecule has 2 aliphatic rings.